The van der Waals surface area contributed by atoms with Gasteiger partial charge in [0.05, 0.1) is 30.1 Å². The van der Waals surface area contributed by atoms with E-state index in [-0.39, 0.29) is 28.9 Å². The number of rotatable bonds is 11. The molecule has 1 atom stereocenters. The number of nitro groups is 1. The van der Waals surface area contributed by atoms with Crippen molar-refractivity contribution in [2.75, 3.05) is 40.4 Å². The lowest BCUT2D eigenvalue weighted by Gasteiger charge is -2.44. The average molecular weight is 610 g/mol. The molecule has 4 rings (SSSR count). The van der Waals surface area contributed by atoms with E-state index in [1.807, 2.05) is 30.3 Å². The summed E-state index contributed by atoms with van der Waals surface area (Å²) in [5.74, 6) is -0.855. The molecule has 2 heterocycles. The minimum absolute atomic E-state index is 0.107. The molecule has 1 N–H and O–H groups in total. The van der Waals surface area contributed by atoms with Crippen LogP contribution >= 0.6 is 12.2 Å². The van der Waals surface area contributed by atoms with Crippen LogP contribution in [0.15, 0.2) is 65.9 Å². The summed E-state index contributed by atoms with van der Waals surface area (Å²) in [6, 6.07) is 14.6. The Morgan fingerprint density at radius 3 is 2.33 bits per heavy atom. The Bertz CT molecular complexity index is 1390. The fourth-order valence-electron chi connectivity index (χ4n) is 5.84. The summed E-state index contributed by atoms with van der Waals surface area (Å²) < 4.78 is 10.2. The number of benzene rings is 2. The molecular formula is C30H35N5O7S. The Morgan fingerprint density at radius 2 is 1.77 bits per heavy atom. The maximum absolute atomic E-state index is 12.9. The number of allylic oxidation sites excluding steroid dienone is 1. The third-order valence-corrected chi connectivity index (χ3v) is 8.41. The van der Waals surface area contributed by atoms with Crippen LogP contribution in [0.2, 0.25) is 0 Å². The minimum atomic E-state index is -0.853. The fraction of sp³-hybridized carbons (Fsp3) is 0.400. The number of nitrogens with one attached hydrogen (secondary N) is 1. The Kier molecular flexibility index (Phi) is 10.1. The smallest absolute Gasteiger partial charge is 0.338 e. The summed E-state index contributed by atoms with van der Waals surface area (Å²) in [6.45, 7) is 3.97. The van der Waals surface area contributed by atoms with Crippen molar-refractivity contribution < 1.29 is 28.8 Å². The van der Waals surface area contributed by atoms with Crippen LogP contribution < -0.4 is 5.32 Å². The molecule has 43 heavy (non-hydrogen) atoms. The lowest BCUT2D eigenvalue weighted by Crippen LogP contribution is -2.56. The molecule has 12 nitrogen and oxygen atoms in total. The standard InChI is InChI=1S/C30H35N5O7S/c1-21-25(27(37)41-2)26(22-10-12-24(13-11-22)35(39)40)34(29(43)31-21)33(20-36)17-7-16-32-18-14-30(15-19-32,28(38)42-3)23-8-5-4-6-9-23/h4-6,8-13,20,26H,7,14-19H2,1-3H3,(H,31,43). The van der Waals surface area contributed by atoms with Crippen molar-refractivity contribution in [3.8, 4) is 0 Å². The first-order chi connectivity index (χ1) is 20.7. The van der Waals surface area contributed by atoms with Crippen LogP contribution in [-0.2, 0) is 29.3 Å². The molecule has 2 aliphatic rings. The van der Waals surface area contributed by atoms with E-state index in [1.165, 1.54) is 48.5 Å². The fourth-order valence-corrected chi connectivity index (χ4v) is 6.21. The van der Waals surface area contributed by atoms with Crippen LogP contribution in [0.1, 0.15) is 43.4 Å². The first kappa shape index (κ1) is 31.6. The van der Waals surface area contributed by atoms with Crippen molar-refractivity contribution in [1.29, 1.82) is 0 Å². The van der Waals surface area contributed by atoms with E-state index < -0.39 is 22.3 Å². The number of thiocarbonyl (C=S) groups is 1. The molecule has 0 aromatic heterocycles. The zero-order chi connectivity index (χ0) is 31.1. The van der Waals surface area contributed by atoms with Crippen LogP contribution in [0.25, 0.3) is 0 Å². The van der Waals surface area contributed by atoms with Gasteiger partial charge in [-0.1, -0.05) is 30.3 Å². The average Bonchev–Trinajstić information content (AvgIpc) is 3.03. The summed E-state index contributed by atoms with van der Waals surface area (Å²) in [7, 11) is 2.68. The molecule has 2 aromatic carbocycles. The van der Waals surface area contributed by atoms with Crippen molar-refractivity contribution in [2.45, 2.75) is 37.6 Å². The van der Waals surface area contributed by atoms with Gasteiger partial charge in [0, 0.05) is 24.4 Å². The van der Waals surface area contributed by atoms with E-state index in [0.717, 1.165) is 5.56 Å². The number of ether oxygens (including phenoxy) is 2. The molecule has 2 aromatic rings. The number of non-ortho nitro benzene ring substituents is 1. The Hall–Kier alpha value is -4.36. The van der Waals surface area contributed by atoms with Crippen LogP contribution in [0, 0.1) is 10.1 Å². The van der Waals surface area contributed by atoms with E-state index in [9.17, 15) is 24.5 Å². The first-order valence-corrected chi connectivity index (χ1v) is 14.3. The van der Waals surface area contributed by atoms with Gasteiger partial charge in [-0.15, -0.1) is 0 Å². The predicted molar refractivity (Wildman–Crippen MR) is 161 cm³/mol. The lowest BCUT2D eigenvalue weighted by atomic mass is 9.72. The second kappa shape index (κ2) is 13.7. The van der Waals surface area contributed by atoms with Gasteiger partial charge in [-0.25, -0.2) is 9.80 Å². The van der Waals surface area contributed by atoms with E-state index in [1.54, 1.807) is 6.92 Å². The highest BCUT2D eigenvalue weighted by atomic mass is 32.1. The molecule has 1 amide bonds. The number of likely N-dealkylation sites (tertiary alicyclic amines) is 1. The van der Waals surface area contributed by atoms with Crippen molar-refractivity contribution in [3.63, 3.8) is 0 Å². The van der Waals surface area contributed by atoms with E-state index in [4.69, 9.17) is 21.7 Å². The van der Waals surface area contributed by atoms with Gasteiger partial charge < -0.3 is 19.7 Å². The molecule has 1 saturated heterocycles. The number of hydrazine groups is 1. The predicted octanol–water partition coefficient (Wildman–Crippen LogP) is 3.24. The van der Waals surface area contributed by atoms with Gasteiger partial charge in [-0.2, -0.15) is 0 Å². The molecular weight excluding hydrogens is 574 g/mol. The number of amides is 1. The van der Waals surface area contributed by atoms with Gasteiger partial charge >= 0.3 is 11.9 Å². The van der Waals surface area contributed by atoms with Crippen LogP contribution in [0.4, 0.5) is 5.69 Å². The highest BCUT2D eigenvalue weighted by Gasteiger charge is 2.44. The van der Waals surface area contributed by atoms with Gasteiger partial charge in [0.1, 0.15) is 6.04 Å². The second-order valence-corrected chi connectivity index (χ2v) is 10.8. The Balaban J connectivity index is 1.50. The van der Waals surface area contributed by atoms with Crippen molar-refractivity contribution >= 4 is 41.4 Å². The quantitative estimate of drug-likeness (QED) is 0.132. The highest BCUT2D eigenvalue weighted by molar-refractivity contribution is 7.80. The van der Waals surface area contributed by atoms with E-state index in [0.29, 0.717) is 56.6 Å². The third kappa shape index (κ3) is 6.52. The number of hydrogen-bond donors (Lipinski definition) is 1. The zero-order valence-corrected chi connectivity index (χ0v) is 25.2. The number of hydrogen-bond acceptors (Lipinski definition) is 9. The molecule has 0 radical (unpaired) electrons. The maximum Gasteiger partial charge on any atom is 0.338 e. The monoisotopic (exact) mass is 609 g/mol. The summed E-state index contributed by atoms with van der Waals surface area (Å²) in [5, 5.41) is 17.3. The summed E-state index contributed by atoms with van der Waals surface area (Å²) in [6.07, 6.45) is 2.44. The number of methoxy groups -OCH3 is 2. The molecule has 2 aliphatic heterocycles. The molecule has 13 heteroatoms. The Labute approximate surface area is 255 Å². The SMILES string of the molecule is COC(=O)C1=C(C)NC(=S)N(N(C=O)CCCN2CCC(C(=O)OC)(c3ccccc3)CC2)C1c1ccc([N+](=O)[O-])cc1. The summed E-state index contributed by atoms with van der Waals surface area (Å²) >= 11 is 5.62. The number of carbonyl (C=O) groups excluding carboxylic acids is 3. The third-order valence-electron chi connectivity index (χ3n) is 8.12. The van der Waals surface area contributed by atoms with Gasteiger partial charge in [-0.05, 0) is 81.3 Å². The zero-order valence-electron chi connectivity index (χ0n) is 24.4. The number of carbonyl (C=O) groups is 3. The van der Waals surface area contributed by atoms with Gasteiger partial charge in [-0.3, -0.25) is 24.7 Å². The lowest BCUT2D eigenvalue weighted by molar-refractivity contribution is -0.384. The van der Waals surface area contributed by atoms with Crippen molar-refractivity contribution in [1.82, 2.24) is 20.2 Å². The summed E-state index contributed by atoms with van der Waals surface area (Å²) in [5.41, 5.74) is 1.36. The minimum Gasteiger partial charge on any atom is -0.468 e. The van der Waals surface area contributed by atoms with Crippen molar-refractivity contribution in [3.05, 3.63) is 87.1 Å². The molecule has 0 spiro atoms. The second-order valence-electron chi connectivity index (χ2n) is 10.5. The van der Waals surface area contributed by atoms with Crippen LogP contribution in [-0.4, -0.2) is 83.7 Å². The maximum atomic E-state index is 12.9. The molecule has 228 valence electrons. The van der Waals surface area contributed by atoms with E-state index >= 15 is 0 Å². The molecule has 0 bridgehead atoms. The normalized spacial score (nSPS) is 18.4. The number of nitrogens with zero attached hydrogens (tertiary/aromatic N) is 4. The van der Waals surface area contributed by atoms with Gasteiger partial charge in [0.2, 0.25) is 6.41 Å². The molecule has 0 aliphatic carbocycles. The van der Waals surface area contributed by atoms with Crippen LogP contribution in [0.3, 0.4) is 0 Å². The van der Waals surface area contributed by atoms with Gasteiger partial charge in [0.25, 0.3) is 5.69 Å². The summed E-state index contributed by atoms with van der Waals surface area (Å²) in [4.78, 5) is 51.2. The topological polar surface area (TPSA) is 135 Å². The molecule has 0 saturated carbocycles. The largest absolute Gasteiger partial charge is 0.468 e. The number of nitro benzene ring substituents is 1. The molecule has 1 fully saturated rings. The molecule has 1 unspecified atom stereocenters. The number of piperidine rings is 1. The highest BCUT2D eigenvalue weighted by Crippen LogP contribution is 2.38. The van der Waals surface area contributed by atoms with Crippen molar-refractivity contribution in [2.24, 2.45) is 0 Å². The van der Waals surface area contributed by atoms with E-state index in [2.05, 4.69) is 10.2 Å². The van der Waals surface area contributed by atoms with Crippen LogP contribution in [0.5, 0.6) is 0 Å². The Morgan fingerprint density at radius 1 is 1.12 bits per heavy atom. The first-order valence-electron chi connectivity index (χ1n) is 13.9. The van der Waals surface area contributed by atoms with Gasteiger partial charge in [0.15, 0.2) is 5.11 Å². The number of esters is 2.